The number of urea groups is 1. The second-order valence-corrected chi connectivity index (χ2v) is 5.25. The Hall–Kier alpha value is -1.75. The Kier molecular flexibility index (Phi) is 3.06. The van der Waals surface area contributed by atoms with Crippen molar-refractivity contribution < 1.29 is 9.90 Å². The molecule has 5 nitrogen and oxygen atoms in total. The van der Waals surface area contributed by atoms with Gasteiger partial charge in [-0.1, -0.05) is 12.1 Å². The van der Waals surface area contributed by atoms with Crippen LogP contribution in [0.2, 0.25) is 0 Å². The summed E-state index contributed by atoms with van der Waals surface area (Å²) >= 11 is 0. The number of hydrogen-bond donors (Lipinski definition) is 2. The summed E-state index contributed by atoms with van der Waals surface area (Å²) in [6.45, 7) is 5.00. The molecule has 0 saturated carbocycles. The summed E-state index contributed by atoms with van der Waals surface area (Å²) in [5, 5.41) is 12.4. The molecule has 2 aliphatic heterocycles. The highest BCUT2D eigenvalue weighted by molar-refractivity contribution is 5.77. The normalized spacial score (nSPS) is 24.1. The Balaban J connectivity index is 1.71. The lowest BCUT2D eigenvalue weighted by atomic mass is 10.1. The summed E-state index contributed by atoms with van der Waals surface area (Å²) in [5.74, 6) is 0. The van der Waals surface area contributed by atoms with Crippen molar-refractivity contribution in [1.29, 1.82) is 0 Å². The van der Waals surface area contributed by atoms with Crippen LogP contribution < -0.4 is 10.2 Å². The summed E-state index contributed by atoms with van der Waals surface area (Å²) in [6, 6.07) is 8.35. The number of piperazine rings is 1. The van der Waals surface area contributed by atoms with Gasteiger partial charge in [0, 0.05) is 31.9 Å². The summed E-state index contributed by atoms with van der Waals surface area (Å²) < 4.78 is 0. The van der Waals surface area contributed by atoms with Crippen LogP contribution in [0.5, 0.6) is 0 Å². The SMILES string of the molecule is C[C@@H](O)c1ccc(N2CCN3C(=O)NCC3C2)cc1. The number of carbonyl (C=O) groups is 1. The highest BCUT2D eigenvalue weighted by Gasteiger charge is 2.35. The number of benzene rings is 1. The lowest BCUT2D eigenvalue weighted by Crippen LogP contribution is -2.52. The van der Waals surface area contributed by atoms with Crippen LogP contribution in [0.1, 0.15) is 18.6 Å². The van der Waals surface area contributed by atoms with Crippen LogP contribution in [-0.2, 0) is 0 Å². The van der Waals surface area contributed by atoms with E-state index in [1.165, 1.54) is 0 Å². The molecular formula is C14H19N3O2. The van der Waals surface area contributed by atoms with Crippen molar-refractivity contribution in [3.05, 3.63) is 29.8 Å². The fourth-order valence-corrected chi connectivity index (χ4v) is 2.80. The molecule has 0 radical (unpaired) electrons. The van der Waals surface area contributed by atoms with Gasteiger partial charge in [-0.3, -0.25) is 0 Å². The van der Waals surface area contributed by atoms with Gasteiger partial charge in [0.1, 0.15) is 0 Å². The van der Waals surface area contributed by atoms with E-state index in [1.807, 2.05) is 29.2 Å². The van der Waals surface area contributed by atoms with E-state index < -0.39 is 6.10 Å². The van der Waals surface area contributed by atoms with Crippen LogP contribution in [0.3, 0.4) is 0 Å². The van der Waals surface area contributed by atoms with E-state index in [1.54, 1.807) is 6.92 Å². The second kappa shape index (κ2) is 4.74. The van der Waals surface area contributed by atoms with Crippen LogP contribution in [0.4, 0.5) is 10.5 Å². The van der Waals surface area contributed by atoms with Gasteiger partial charge in [0.15, 0.2) is 0 Å². The number of carbonyl (C=O) groups excluding carboxylic acids is 1. The minimum Gasteiger partial charge on any atom is -0.389 e. The molecule has 0 bridgehead atoms. The Morgan fingerprint density at radius 3 is 2.74 bits per heavy atom. The smallest absolute Gasteiger partial charge is 0.317 e. The summed E-state index contributed by atoms with van der Waals surface area (Å²) in [7, 11) is 0. The first-order valence-corrected chi connectivity index (χ1v) is 6.72. The van der Waals surface area contributed by atoms with Crippen LogP contribution in [0.25, 0.3) is 0 Å². The number of aliphatic hydroxyl groups excluding tert-OH is 1. The molecule has 1 aromatic carbocycles. The third-order valence-electron chi connectivity index (χ3n) is 3.97. The van der Waals surface area contributed by atoms with E-state index in [2.05, 4.69) is 10.2 Å². The Labute approximate surface area is 112 Å². The van der Waals surface area contributed by atoms with Crippen molar-refractivity contribution in [1.82, 2.24) is 10.2 Å². The maximum Gasteiger partial charge on any atom is 0.317 e. The zero-order chi connectivity index (χ0) is 13.4. The van der Waals surface area contributed by atoms with E-state index >= 15 is 0 Å². The zero-order valence-electron chi connectivity index (χ0n) is 11.0. The van der Waals surface area contributed by atoms with Crippen LogP contribution in [0.15, 0.2) is 24.3 Å². The Morgan fingerprint density at radius 2 is 2.05 bits per heavy atom. The number of aliphatic hydroxyl groups is 1. The molecule has 1 aromatic rings. The van der Waals surface area contributed by atoms with E-state index in [4.69, 9.17) is 0 Å². The van der Waals surface area contributed by atoms with Crippen LogP contribution in [0, 0.1) is 0 Å². The van der Waals surface area contributed by atoms with Gasteiger partial charge in [-0.25, -0.2) is 4.79 Å². The molecule has 0 aromatic heterocycles. The molecule has 2 atom stereocenters. The third kappa shape index (κ3) is 2.26. The van der Waals surface area contributed by atoms with Gasteiger partial charge in [-0.2, -0.15) is 0 Å². The number of hydrogen-bond acceptors (Lipinski definition) is 3. The highest BCUT2D eigenvalue weighted by Crippen LogP contribution is 2.23. The van der Waals surface area contributed by atoms with E-state index in [0.29, 0.717) is 0 Å². The van der Waals surface area contributed by atoms with Gasteiger partial charge in [0.25, 0.3) is 0 Å². The van der Waals surface area contributed by atoms with Gasteiger partial charge < -0.3 is 20.2 Å². The first-order chi connectivity index (χ1) is 9.15. The monoisotopic (exact) mass is 261 g/mol. The molecule has 2 saturated heterocycles. The quantitative estimate of drug-likeness (QED) is 0.833. The minimum absolute atomic E-state index is 0.0640. The summed E-state index contributed by atoms with van der Waals surface area (Å²) in [6.07, 6.45) is -0.428. The van der Waals surface area contributed by atoms with Gasteiger partial charge in [-0.15, -0.1) is 0 Å². The number of nitrogens with zero attached hydrogens (tertiary/aromatic N) is 2. The van der Waals surface area contributed by atoms with E-state index in [-0.39, 0.29) is 12.1 Å². The van der Waals surface area contributed by atoms with Crippen LogP contribution >= 0.6 is 0 Å². The van der Waals surface area contributed by atoms with Gasteiger partial charge >= 0.3 is 6.03 Å². The second-order valence-electron chi connectivity index (χ2n) is 5.25. The van der Waals surface area contributed by atoms with Crippen molar-refractivity contribution in [2.75, 3.05) is 31.1 Å². The number of nitrogens with one attached hydrogen (secondary N) is 1. The molecule has 1 unspecified atom stereocenters. The zero-order valence-corrected chi connectivity index (χ0v) is 11.0. The lowest BCUT2D eigenvalue weighted by Gasteiger charge is -2.37. The molecule has 3 rings (SSSR count). The van der Waals surface area contributed by atoms with Crippen molar-refractivity contribution in [3.63, 3.8) is 0 Å². The molecule has 102 valence electrons. The van der Waals surface area contributed by atoms with E-state index in [9.17, 15) is 9.90 Å². The topological polar surface area (TPSA) is 55.8 Å². The molecule has 19 heavy (non-hydrogen) atoms. The van der Waals surface area contributed by atoms with Gasteiger partial charge in [0.2, 0.25) is 0 Å². The predicted octanol–water partition coefficient (Wildman–Crippen LogP) is 0.954. The van der Waals surface area contributed by atoms with Gasteiger partial charge in [-0.05, 0) is 24.6 Å². The Bertz CT molecular complexity index is 472. The molecular weight excluding hydrogens is 242 g/mol. The van der Waals surface area contributed by atoms with E-state index in [0.717, 1.165) is 37.4 Å². The molecule has 5 heteroatoms. The largest absolute Gasteiger partial charge is 0.389 e. The first kappa shape index (κ1) is 12.3. The fraction of sp³-hybridized carbons (Fsp3) is 0.500. The van der Waals surface area contributed by atoms with Crippen molar-refractivity contribution in [2.45, 2.75) is 19.1 Å². The standard InChI is InChI=1S/C14H19N3O2/c1-10(18)11-2-4-12(5-3-11)16-6-7-17-13(9-16)8-15-14(17)19/h2-5,10,13,18H,6-9H2,1H3,(H,15,19)/t10-,13?/m1/s1. The fourth-order valence-electron chi connectivity index (χ4n) is 2.80. The van der Waals surface area contributed by atoms with Crippen molar-refractivity contribution in [2.24, 2.45) is 0 Å². The van der Waals surface area contributed by atoms with Gasteiger partial charge in [0.05, 0.1) is 12.1 Å². The maximum atomic E-state index is 11.5. The minimum atomic E-state index is -0.428. The van der Waals surface area contributed by atoms with Crippen molar-refractivity contribution in [3.8, 4) is 0 Å². The summed E-state index contributed by atoms with van der Waals surface area (Å²) in [5.41, 5.74) is 2.09. The average molecular weight is 261 g/mol. The number of anilines is 1. The molecule has 0 aliphatic carbocycles. The average Bonchev–Trinajstić information content (AvgIpc) is 2.80. The van der Waals surface area contributed by atoms with Crippen molar-refractivity contribution >= 4 is 11.7 Å². The van der Waals surface area contributed by atoms with Crippen LogP contribution in [-0.4, -0.2) is 48.3 Å². The number of fused-ring (bicyclic) bond motifs is 1. The molecule has 2 N–H and O–H groups in total. The Morgan fingerprint density at radius 1 is 1.32 bits per heavy atom. The number of rotatable bonds is 2. The molecule has 0 spiro atoms. The lowest BCUT2D eigenvalue weighted by molar-refractivity contribution is 0.197. The molecule has 2 aliphatic rings. The molecule has 2 fully saturated rings. The maximum absolute atomic E-state index is 11.5. The number of amides is 2. The third-order valence-corrected chi connectivity index (χ3v) is 3.97. The first-order valence-electron chi connectivity index (χ1n) is 6.72. The predicted molar refractivity (Wildman–Crippen MR) is 73.2 cm³/mol. The molecule has 2 heterocycles. The molecule has 2 amide bonds. The summed E-state index contributed by atoms with van der Waals surface area (Å²) in [4.78, 5) is 15.8. The highest BCUT2D eigenvalue weighted by atomic mass is 16.3.